The predicted molar refractivity (Wildman–Crippen MR) is 110 cm³/mol. The van der Waals surface area contributed by atoms with Crippen LogP contribution in [0.5, 0.6) is 0 Å². The molecule has 1 N–H and O–H groups in total. The van der Waals surface area contributed by atoms with Gasteiger partial charge in [0.15, 0.2) is 0 Å². The van der Waals surface area contributed by atoms with Gasteiger partial charge in [-0.15, -0.1) is 0 Å². The number of hydrogen-bond donors (Lipinski definition) is 1. The molecule has 29 heavy (non-hydrogen) atoms. The van der Waals surface area contributed by atoms with Crippen molar-refractivity contribution in [1.82, 2.24) is 9.55 Å². The number of imidazole rings is 1. The maximum Gasteiger partial charge on any atom is 0.316 e. The maximum atomic E-state index is 12.7. The summed E-state index contributed by atoms with van der Waals surface area (Å²) in [5.41, 5.74) is -0.103. The van der Waals surface area contributed by atoms with Crippen molar-refractivity contribution in [3.8, 4) is 0 Å². The molecule has 5 rings (SSSR count). The quantitative estimate of drug-likeness (QED) is 0.722. The van der Waals surface area contributed by atoms with Crippen molar-refractivity contribution in [2.75, 3.05) is 6.61 Å². The largest absolute Gasteiger partial charge is 0.481 e. The number of benzene rings is 1. The van der Waals surface area contributed by atoms with Crippen LogP contribution in [0.4, 0.5) is 0 Å². The minimum Gasteiger partial charge on any atom is -0.481 e. The minimum absolute atomic E-state index is 0.254. The van der Waals surface area contributed by atoms with Crippen molar-refractivity contribution in [1.29, 1.82) is 0 Å². The van der Waals surface area contributed by atoms with Crippen LogP contribution in [0.3, 0.4) is 0 Å². The first-order valence-electron chi connectivity index (χ1n) is 11.1. The Morgan fingerprint density at radius 2 is 1.90 bits per heavy atom. The summed E-state index contributed by atoms with van der Waals surface area (Å²) in [4.78, 5) is 17.3. The number of carbonyl (C=O) groups is 1. The first kappa shape index (κ1) is 18.9. The van der Waals surface area contributed by atoms with E-state index in [1.54, 1.807) is 0 Å². The van der Waals surface area contributed by atoms with Gasteiger partial charge in [-0.1, -0.05) is 30.3 Å². The summed E-state index contributed by atoms with van der Waals surface area (Å²) in [7, 11) is 0. The van der Waals surface area contributed by atoms with Gasteiger partial charge in [0.2, 0.25) is 0 Å². The molecule has 3 atom stereocenters. The van der Waals surface area contributed by atoms with Crippen molar-refractivity contribution in [2.45, 2.75) is 68.9 Å². The lowest BCUT2D eigenvalue weighted by Crippen LogP contribution is -2.51. The molecule has 5 nitrogen and oxygen atoms in total. The van der Waals surface area contributed by atoms with Crippen molar-refractivity contribution >= 4 is 5.97 Å². The third kappa shape index (κ3) is 3.73. The van der Waals surface area contributed by atoms with E-state index < -0.39 is 11.4 Å². The second kappa shape index (κ2) is 7.60. The van der Waals surface area contributed by atoms with Crippen LogP contribution >= 0.6 is 0 Å². The highest BCUT2D eigenvalue weighted by molar-refractivity contribution is 5.82. The van der Waals surface area contributed by atoms with Gasteiger partial charge in [0.05, 0.1) is 6.10 Å². The predicted octanol–water partition coefficient (Wildman–Crippen LogP) is 4.38. The molecule has 0 aliphatic heterocycles. The summed E-state index contributed by atoms with van der Waals surface area (Å²) in [6, 6.07) is 9.73. The minimum atomic E-state index is -0.972. The maximum absolute atomic E-state index is 12.7. The van der Waals surface area contributed by atoms with Crippen LogP contribution in [0.1, 0.15) is 62.3 Å². The Kier molecular flexibility index (Phi) is 4.94. The van der Waals surface area contributed by atoms with Gasteiger partial charge in [0, 0.05) is 31.5 Å². The molecule has 3 aliphatic carbocycles. The Labute approximate surface area is 172 Å². The lowest BCUT2D eigenvalue weighted by molar-refractivity contribution is -0.155. The summed E-state index contributed by atoms with van der Waals surface area (Å²) in [5.74, 6) is 2.00. The van der Waals surface area contributed by atoms with Crippen LogP contribution in [-0.4, -0.2) is 33.3 Å². The Balaban J connectivity index is 1.44. The molecule has 0 amide bonds. The van der Waals surface area contributed by atoms with Gasteiger partial charge < -0.3 is 14.4 Å². The Morgan fingerprint density at radius 1 is 1.14 bits per heavy atom. The monoisotopic (exact) mass is 394 g/mol. The summed E-state index contributed by atoms with van der Waals surface area (Å²) < 4.78 is 8.68. The molecule has 3 fully saturated rings. The number of rotatable bonds is 8. The summed E-state index contributed by atoms with van der Waals surface area (Å²) in [6.45, 7) is 1.72. The van der Waals surface area contributed by atoms with Gasteiger partial charge in [-0.25, -0.2) is 4.98 Å². The van der Waals surface area contributed by atoms with Gasteiger partial charge in [-0.2, -0.15) is 0 Å². The molecule has 0 saturated heterocycles. The van der Waals surface area contributed by atoms with Crippen molar-refractivity contribution in [3.05, 3.63) is 54.1 Å². The number of hydrogen-bond acceptors (Lipinski definition) is 3. The van der Waals surface area contributed by atoms with Crippen LogP contribution < -0.4 is 0 Å². The van der Waals surface area contributed by atoms with Crippen LogP contribution in [0.15, 0.2) is 42.7 Å². The molecule has 3 aliphatic rings. The van der Waals surface area contributed by atoms with E-state index in [9.17, 15) is 9.90 Å². The van der Waals surface area contributed by atoms with E-state index in [1.807, 2.05) is 36.5 Å². The van der Waals surface area contributed by atoms with Crippen LogP contribution in [0, 0.1) is 11.8 Å². The molecule has 1 unspecified atom stereocenters. The zero-order chi connectivity index (χ0) is 19.8. The molecule has 1 aromatic carbocycles. The fourth-order valence-electron chi connectivity index (χ4n) is 4.97. The highest BCUT2D eigenvalue weighted by Crippen LogP contribution is 2.47. The highest BCUT2D eigenvalue weighted by Gasteiger charge is 2.52. The molecule has 1 heterocycles. The fraction of sp³-hybridized carbons (Fsp3) is 0.583. The van der Waals surface area contributed by atoms with E-state index in [-0.39, 0.29) is 12.0 Å². The first-order valence-corrected chi connectivity index (χ1v) is 11.1. The molecule has 154 valence electrons. The van der Waals surface area contributed by atoms with Gasteiger partial charge in [0.25, 0.3) is 0 Å². The standard InChI is InChI=1S/C24H30N2O3/c27-23(28)24(20-4-2-1-3-5-20)11-10-19(14-21(24)29-16-18-8-9-18)22-25-12-13-26(22)15-17-6-7-17/h1-5,12-13,17-19,21H,6-11,14-16H2,(H,27,28)/t19?,21-,24+/m1/s1. The zero-order valence-electron chi connectivity index (χ0n) is 16.9. The molecular formula is C24H30N2O3. The topological polar surface area (TPSA) is 64.3 Å². The highest BCUT2D eigenvalue weighted by atomic mass is 16.5. The van der Waals surface area contributed by atoms with Gasteiger partial charge in [-0.05, 0) is 62.3 Å². The van der Waals surface area contributed by atoms with E-state index >= 15 is 0 Å². The summed E-state index contributed by atoms with van der Waals surface area (Å²) >= 11 is 0. The molecule has 3 saturated carbocycles. The zero-order valence-corrected chi connectivity index (χ0v) is 16.9. The molecule has 0 radical (unpaired) electrons. The van der Waals surface area contributed by atoms with Gasteiger partial charge in [-0.3, -0.25) is 4.79 Å². The third-order valence-electron chi connectivity index (χ3n) is 7.10. The second-order valence-electron chi connectivity index (χ2n) is 9.26. The third-order valence-corrected chi connectivity index (χ3v) is 7.10. The number of aromatic nitrogens is 2. The molecule has 1 aromatic heterocycles. The lowest BCUT2D eigenvalue weighted by Gasteiger charge is -2.43. The molecular weight excluding hydrogens is 364 g/mol. The average Bonchev–Trinajstić information content (AvgIpc) is 3.66. The van der Waals surface area contributed by atoms with Crippen LogP contribution in [0.2, 0.25) is 0 Å². The Morgan fingerprint density at radius 3 is 2.59 bits per heavy atom. The number of carboxylic acids is 1. The summed E-state index contributed by atoms with van der Waals surface area (Å²) in [6.07, 6.45) is 10.8. The van der Waals surface area contributed by atoms with Crippen molar-refractivity contribution < 1.29 is 14.6 Å². The number of carboxylic acid groups (broad SMARTS) is 1. The van der Waals surface area contributed by atoms with E-state index in [1.165, 1.54) is 25.7 Å². The van der Waals surface area contributed by atoms with Crippen LogP contribution in [0.25, 0.3) is 0 Å². The number of ether oxygens (including phenoxy) is 1. The smallest absolute Gasteiger partial charge is 0.316 e. The number of aliphatic carboxylic acids is 1. The average molecular weight is 395 g/mol. The molecule has 0 bridgehead atoms. The molecule has 5 heteroatoms. The molecule has 2 aromatic rings. The normalized spacial score (nSPS) is 29.7. The molecule has 0 spiro atoms. The SMILES string of the molecule is O=C(O)[C@]1(c2ccccc2)CCC(c2nccn2CC2CC2)C[C@H]1OCC1CC1. The summed E-state index contributed by atoms with van der Waals surface area (Å²) in [5, 5.41) is 10.4. The lowest BCUT2D eigenvalue weighted by atomic mass is 9.64. The van der Waals surface area contributed by atoms with Crippen molar-refractivity contribution in [2.24, 2.45) is 11.8 Å². The van der Waals surface area contributed by atoms with Gasteiger partial charge >= 0.3 is 5.97 Å². The first-order chi connectivity index (χ1) is 14.2. The number of nitrogens with zero attached hydrogens (tertiary/aromatic N) is 2. The van der Waals surface area contributed by atoms with E-state index in [4.69, 9.17) is 4.74 Å². The van der Waals surface area contributed by atoms with Crippen molar-refractivity contribution in [3.63, 3.8) is 0 Å². The Hall–Kier alpha value is -2.14. The van der Waals surface area contributed by atoms with E-state index in [0.29, 0.717) is 18.9 Å². The Bertz CT molecular complexity index is 856. The van der Waals surface area contributed by atoms with Crippen LogP contribution in [-0.2, 0) is 21.5 Å². The van der Waals surface area contributed by atoms with E-state index in [2.05, 4.69) is 15.7 Å². The second-order valence-corrected chi connectivity index (χ2v) is 9.26. The fourth-order valence-corrected chi connectivity index (χ4v) is 4.97. The van der Waals surface area contributed by atoms with Gasteiger partial charge in [0.1, 0.15) is 11.2 Å². The van der Waals surface area contributed by atoms with E-state index in [0.717, 1.165) is 36.7 Å².